The molecule has 3 aromatic rings. The largest absolute Gasteiger partial charge is 0.416 e. The number of hydrogen-bond donors (Lipinski definition) is 2. The monoisotopic (exact) mass is 425 g/mol. The van der Waals surface area contributed by atoms with Gasteiger partial charge in [0.15, 0.2) is 0 Å². The van der Waals surface area contributed by atoms with Crippen molar-refractivity contribution in [2.45, 2.75) is 31.0 Å². The lowest BCUT2D eigenvalue weighted by atomic mass is 9.68. The molecule has 162 valence electrons. The van der Waals surface area contributed by atoms with Crippen LogP contribution in [0.2, 0.25) is 0 Å². The maximum absolute atomic E-state index is 13.0. The van der Waals surface area contributed by atoms with E-state index in [2.05, 4.69) is 17.4 Å². The lowest BCUT2D eigenvalue weighted by Gasteiger charge is -2.42. The van der Waals surface area contributed by atoms with Gasteiger partial charge in [-0.2, -0.15) is 13.2 Å². The third-order valence-corrected chi connectivity index (χ3v) is 6.26. The van der Waals surface area contributed by atoms with Crippen molar-refractivity contribution in [3.8, 4) is 0 Å². The third kappa shape index (κ3) is 4.53. The summed E-state index contributed by atoms with van der Waals surface area (Å²) in [6.45, 7) is 1.35. The Labute approximate surface area is 180 Å². The van der Waals surface area contributed by atoms with Crippen LogP contribution < -0.4 is 5.32 Å². The summed E-state index contributed by atoms with van der Waals surface area (Å²) in [4.78, 5) is 0. The molecule has 2 atom stereocenters. The minimum absolute atomic E-state index is 0.144. The highest BCUT2D eigenvalue weighted by atomic mass is 19.4. The fourth-order valence-corrected chi connectivity index (χ4v) is 4.58. The molecule has 1 aliphatic carbocycles. The van der Waals surface area contributed by atoms with Crippen LogP contribution in [0.1, 0.15) is 34.2 Å². The number of benzene rings is 3. The first kappa shape index (κ1) is 21.6. The smallest absolute Gasteiger partial charge is 0.380 e. The van der Waals surface area contributed by atoms with Gasteiger partial charge in [-0.25, -0.2) is 0 Å². The Balaban J connectivity index is 1.57. The molecule has 3 aromatic carbocycles. The summed E-state index contributed by atoms with van der Waals surface area (Å²) < 4.78 is 39.1. The lowest BCUT2D eigenvalue weighted by molar-refractivity contribution is -0.137. The number of aliphatic hydroxyl groups is 1. The average molecular weight is 425 g/mol. The van der Waals surface area contributed by atoms with Crippen LogP contribution in [0.15, 0.2) is 78.9 Å². The zero-order chi connectivity index (χ0) is 21.9. The van der Waals surface area contributed by atoms with Gasteiger partial charge in [0, 0.05) is 12.5 Å². The molecule has 0 saturated heterocycles. The summed E-state index contributed by atoms with van der Waals surface area (Å²) in [6, 6.07) is 22.8. The highest BCUT2D eigenvalue weighted by molar-refractivity contribution is 5.45. The number of hydrogen-bond acceptors (Lipinski definition) is 2. The topological polar surface area (TPSA) is 32.3 Å². The normalized spacial score (nSPS) is 21.0. The lowest BCUT2D eigenvalue weighted by Crippen LogP contribution is -2.45. The number of alkyl halides is 3. The Morgan fingerprint density at radius 3 is 2.29 bits per heavy atom. The van der Waals surface area contributed by atoms with E-state index in [1.165, 1.54) is 17.7 Å². The van der Waals surface area contributed by atoms with E-state index in [1.54, 1.807) is 0 Å². The number of rotatable bonds is 6. The van der Waals surface area contributed by atoms with Crippen molar-refractivity contribution in [1.29, 1.82) is 0 Å². The highest BCUT2D eigenvalue weighted by Gasteiger charge is 2.44. The van der Waals surface area contributed by atoms with Crippen LogP contribution in [0.5, 0.6) is 0 Å². The predicted octanol–water partition coefficient (Wildman–Crippen LogP) is 5.34. The molecule has 0 aromatic heterocycles. The van der Waals surface area contributed by atoms with Gasteiger partial charge >= 0.3 is 6.18 Å². The first-order valence-corrected chi connectivity index (χ1v) is 10.6. The standard InChI is InChI=1S/C26H26F3NO/c27-26(28,29)22-14-12-21(13-15-22)25(31)23(11-10-20-8-4-5-9-24(20)25)18-30-17-16-19-6-2-1-3-7-19/h1-9,12-15,23,30-31H,10-11,16-18H2. The number of fused-ring (bicyclic) bond motifs is 1. The van der Waals surface area contributed by atoms with Crippen LogP contribution >= 0.6 is 0 Å². The van der Waals surface area contributed by atoms with Crippen LogP contribution in [-0.4, -0.2) is 18.2 Å². The number of halogens is 3. The van der Waals surface area contributed by atoms with E-state index >= 15 is 0 Å². The summed E-state index contributed by atoms with van der Waals surface area (Å²) in [7, 11) is 0. The minimum atomic E-state index is -4.40. The van der Waals surface area contributed by atoms with Crippen LogP contribution in [0.4, 0.5) is 13.2 Å². The Morgan fingerprint density at radius 1 is 0.903 bits per heavy atom. The first-order valence-electron chi connectivity index (χ1n) is 10.6. The van der Waals surface area contributed by atoms with Crippen molar-refractivity contribution in [3.63, 3.8) is 0 Å². The zero-order valence-electron chi connectivity index (χ0n) is 17.2. The molecule has 0 spiro atoms. The summed E-state index contributed by atoms with van der Waals surface area (Å²) in [5.74, 6) is -0.144. The van der Waals surface area contributed by atoms with Crippen LogP contribution in [-0.2, 0) is 24.6 Å². The molecule has 0 radical (unpaired) electrons. The molecule has 0 saturated carbocycles. The van der Waals surface area contributed by atoms with E-state index in [4.69, 9.17) is 0 Å². The second-order valence-corrected chi connectivity index (χ2v) is 8.17. The fraction of sp³-hybridized carbons (Fsp3) is 0.308. The van der Waals surface area contributed by atoms with Gasteiger partial charge in [0.1, 0.15) is 5.60 Å². The van der Waals surface area contributed by atoms with Gasteiger partial charge in [0.25, 0.3) is 0 Å². The maximum atomic E-state index is 13.0. The van der Waals surface area contributed by atoms with Crippen LogP contribution in [0.3, 0.4) is 0 Å². The van der Waals surface area contributed by atoms with E-state index in [9.17, 15) is 18.3 Å². The molecular weight excluding hydrogens is 399 g/mol. The molecule has 0 fully saturated rings. The van der Waals surface area contributed by atoms with Crippen molar-refractivity contribution < 1.29 is 18.3 Å². The molecule has 0 amide bonds. The maximum Gasteiger partial charge on any atom is 0.416 e. The minimum Gasteiger partial charge on any atom is -0.380 e. The summed E-state index contributed by atoms with van der Waals surface area (Å²) in [6.07, 6.45) is -1.93. The number of aryl methyl sites for hydroxylation is 1. The van der Waals surface area contributed by atoms with Crippen molar-refractivity contribution >= 4 is 0 Å². The predicted molar refractivity (Wildman–Crippen MR) is 116 cm³/mol. The highest BCUT2D eigenvalue weighted by Crippen LogP contribution is 2.45. The van der Waals surface area contributed by atoms with Gasteiger partial charge in [-0.3, -0.25) is 0 Å². The molecule has 0 aliphatic heterocycles. The van der Waals surface area contributed by atoms with Crippen molar-refractivity contribution in [3.05, 3.63) is 107 Å². The van der Waals surface area contributed by atoms with Crippen LogP contribution in [0, 0.1) is 5.92 Å². The van der Waals surface area contributed by atoms with Gasteiger partial charge in [-0.15, -0.1) is 0 Å². The van der Waals surface area contributed by atoms with Crippen molar-refractivity contribution in [2.75, 3.05) is 13.1 Å². The quantitative estimate of drug-likeness (QED) is 0.523. The Morgan fingerprint density at radius 2 is 1.58 bits per heavy atom. The van der Waals surface area contributed by atoms with Gasteiger partial charge in [0.05, 0.1) is 5.56 Å². The molecule has 0 bridgehead atoms. The summed E-state index contributed by atoms with van der Waals surface area (Å²) >= 11 is 0. The second-order valence-electron chi connectivity index (χ2n) is 8.17. The van der Waals surface area contributed by atoms with Gasteiger partial charge in [0.2, 0.25) is 0 Å². The molecule has 1 aliphatic rings. The van der Waals surface area contributed by atoms with E-state index in [0.29, 0.717) is 12.1 Å². The number of nitrogens with one attached hydrogen (secondary N) is 1. The zero-order valence-corrected chi connectivity index (χ0v) is 17.2. The molecule has 2 nitrogen and oxygen atoms in total. The Bertz CT molecular complexity index is 1000. The summed E-state index contributed by atoms with van der Waals surface area (Å²) in [5, 5.41) is 15.4. The molecule has 4 rings (SSSR count). The second kappa shape index (κ2) is 8.85. The third-order valence-electron chi connectivity index (χ3n) is 6.26. The van der Waals surface area contributed by atoms with Gasteiger partial charge < -0.3 is 10.4 Å². The molecule has 2 N–H and O–H groups in total. The van der Waals surface area contributed by atoms with E-state index < -0.39 is 17.3 Å². The Kier molecular flexibility index (Phi) is 6.17. The van der Waals surface area contributed by atoms with E-state index in [-0.39, 0.29) is 5.92 Å². The summed E-state index contributed by atoms with van der Waals surface area (Å²) in [5.41, 5.74) is 1.53. The van der Waals surface area contributed by atoms with E-state index in [1.807, 2.05) is 42.5 Å². The van der Waals surface area contributed by atoms with Crippen molar-refractivity contribution in [1.82, 2.24) is 5.32 Å². The molecule has 31 heavy (non-hydrogen) atoms. The van der Waals surface area contributed by atoms with Crippen molar-refractivity contribution in [2.24, 2.45) is 5.92 Å². The van der Waals surface area contributed by atoms with Gasteiger partial charge in [-0.1, -0.05) is 66.7 Å². The Hall–Kier alpha value is -2.63. The van der Waals surface area contributed by atoms with Crippen LogP contribution in [0.25, 0.3) is 0 Å². The molecule has 0 heterocycles. The average Bonchev–Trinajstić information content (AvgIpc) is 2.78. The molecular formula is C26H26F3NO. The SMILES string of the molecule is OC1(c2ccc(C(F)(F)F)cc2)c2ccccc2CCC1CNCCc1ccccc1. The molecule has 2 unspecified atom stereocenters. The molecule has 5 heteroatoms. The fourth-order valence-electron chi connectivity index (χ4n) is 4.58. The van der Waals surface area contributed by atoms with Gasteiger partial charge in [-0.05, 0) is 60.2 Å². The first-order chi connectivity index (χ1) is 14.9. The van der Waals surface area contributed by atoms with E-state index in [0.717, 1.165) is 49.1 Å².